The molecule has 80 heavy (non-hydrogen) atoms. The summed E-state index contributed by atoms with van der Waals surface area (Å²) in [7, 11) is 0. The highest BCUT2D eigenvalue weighted by Gasteiger charge is 2.49. The minimum Gasteiger partial charge on any atom is -0.508 e. The molecule has 0 unspecified atom stereocenters. The summed E-state index contributed by atoms with van der Waals surface area (Å²) in [5.41, 5.74) is -1.08. The molecule has 0 spiro atoms. The Labute approximate surface area is 446 Å². The number of phenols is 6. The summed E-state index contributed by atoms with van der Waals surface area (Å²) in [6.45, 7) is -2.58. The van der Waals surface area contributed by atoms with E-state index in [0.717, 1.165) is 36.4 Å². The van der Waals surface area contributed by atoms with E-state index >= 15 is 0 Å². The molecule has 9 rings (SSSR count). The summed E-state index contributed by atoms with van der Waals surface area (Å²) in [5.74, 6) is -7.47. The minimum atomic E-state index is -2.06. The van der Waals surface area contributed by atoms with Crippen molar-refractivity contribution in [1.82, 2.24) is 0 Å². The zero-order valence-electron chi connectivity index (χ0n) is 40.9. The number of esters is 2. The predicted octanol–water partition coefficient (Wildman–Crippen LogP) is -2.56. The topological polar surface area (TPSA) is 476 Å². The van der Waals surface area contributed by atoms with Gasteiger partial charge in [-0.15, -0.1) is 0 Å². The molecule has 16 N–H and O–H groups in total. The van der Waals surface area contributed by atoms with Gasteiger partial charge >= 0.3 is 17.4 Å². The summed E-state index contributed by atoms with van der Waals surface area (Å²) < 4.78 is 55.7. The third-order valence-corrected chi connectivity index (χ3v) is 13.1. The Balaban J connectivity index is 0.794. The van der Waals surface area contributed by atoms with Crippen LogP contribution < -0.4 is 20.3 Å². The molecule has 0 saturated carbocycles. The van der Waals surface area contributed by atoms with Gasteiger partial charge < -0.3 is 123 Å². The lowest BCUT2D eigenvalue weighted by atomic mass is 9.98. The molecule has 3 fully saturated rings. The molecule has 0 bridgehead atoms. The number of benzene rings is 4. The molecule has 1 aromatic heterocycles. The maximum atomic E-state index is 12.8. The van der Waals surface area contributed by atoms with Crippen molar-refractivity contribution < 1.29 is 138 Å². The van der Waals surface area contributed by atoms with Crippen molar-refractivity contribution >= 4 is 22.9 Å². The van der Waals surface area contributed by atoms with Crippen molar-refractivity contribution in [1.29, 1.82) is 0 Å². The molecule has 0 radical (unpaired) electrons. The molecular formula is C51H51O29+. The number of aliphatic hydroxyl groups is 9. The highest BCUT2D eigenvalue weighted by atomic mass is 16.7. The molecule has 5 heterocycles. The maximum absolute atomic E-state index is 12.8. The van der Waals surface area contributed by atoms with Crippen LogP contribution in [-0.4, -0.2) is 205 Å². The van der Waals surface area contributed by atoms with Crippen LogP contribution in [0.15, 0.2) is 86.4 Å². The van der Waals surface area contributed by atoms with Crippen molar-refractivity contribution in [2.45, 2.75) is 98.5 Å². The summed E-state index contributed by atoms with van der Waals surface area (Å²) in [6.07, 6.45) is -29.6. The number of ether oxygens (including phenoxy) is 8. The monoisotopic (exact) mass is 1130 g/mol. The van der Waals surface area contributed by atoms with Gasteiger partial charge in [-0.3, -0.25) is 19.2 Å². The molecule has 4 aromatic rings. The second-order valence-electron chi connectivity index (χ2n) is 18.7. The second kappa shape index (κ2) is 23.1. The average molecular weight is 1130 g/mol. The van der Waals surface area contributed by atoms with Gasteiger partial charge in [0.2, 0.25) is 12.6 Å². The summed E-state index contributed by atoms with van der Waals surface area (Å²) in [5, 5.41) is 158. The van der Waals surface area contributed by atoms with E-state index in [0.29, 0.717) is 5.56 Å². The van der Waals surface area contributed by atoms with E-state index in [4.69, 9.17) is 46.7 Å². The summed E-state index contributed by atoms with van der Waals surface area (Å²) in [4.78, 5) is 48.4. The van der Waals surface area contributed by atoms with Crippen LogP contribution in [0, 0.1) is 0 Å². The van der Waals surface area contributed by atoms with Crippen molar-refractivity contribution in [3.8, 4) is 80.0 Å². The van der Waals surface area contributed by atoms with Gasteiger partial charge in [0.25, 0.3) is 0 Å². The van der Waals surface area contributed by atoms with Gasteiger partial charge in [-0.1, -0.05) is 0 Å². The fourth-order valence-electron chi connectivity index (χ4n) is 8.81. The van der Waals surface area contributed by atoms with Crippen molar-refractivity contribution in [3.05, 3.63) is 88.4 Å². The van der Waals surface area contributed by atoms with E-state index in [-0.39, 0.29) is 45.1 Å². The van der Waals surface area contributed by atoms with Crippen molar-refractivity contribution in [2.75, 3.05) is 19.8 Å². The second-order valence-corrected chi connectivity index (χ2v) is 18.7. The fourth-order valence-corrected chi connectivity index (χ4v) is 8.81. The lowest BCUT2D eigenvalue weighted by Gasteiger charge is -2.42. The van der Waals surface area contributed by atoms with Crippen LogP contribution in [0.5, 0.6) is 46.0 Å². The van der Waals surface area contributed by atoms with E-state index in [2.05, 4.69) is 0 Å². The van der Waals surface area contributed by atoms with E-state index < -0.39 is 181 Å². The Bertz CT molecular complexity index is 3300. The van der Waals surface area contributed by atoms with Crippen molar-refractivity contribution in [2.24, 2.45) is 0 Å². The number of hydrogen-bond acceptors (Lipinski definition) is 28. The van der Waals surface area contributed by atoms with Crippen LogP contribution in [0.25, 0.3) is 44.9 Å². The van der Waals surface area contributed by atoms with Crippen LogP contribution in [0.1, 0.15) is 6.42 Å². The number of aromatic hydroxyl groups is 6. The zero-order valence-corrected chi connectivity index (χ0v) is 40.9. The van der Waals surface area contributed by atoms with Crippen molar-refractivity contribution in [3.63, 3.8) is 0 Å². The van der Waals surface area contributed by atoms with E-state index in [1.54, 1.807) is 0 Å². The normalized spacial score (nSPS) is 28.8. The van der Waals surface area contributed by atoms with Gasteiger partial charge in [0.15, 0.2) is 51.4 Å². The van der Waals surface area contributed by atoms with Crippen LogP contribution in [0.3, 0.4) is 0 Å². The zero-order chi connectivity index (χ0) is 57.6. The highest BCUT2D eigenvalue weighted by Crippen LogP contribution is 2.46. The molecule has 15 atom stereocenters. The first-order valence-corrected chi connectivity index (χ1v) is 24.0. The third-order valence-electron chi connectivity index (χ3n) is 13.1. The molecule has 29 nitrogen and oxygen atoms in total. The standard InChI is InChI=1S/C51H50O29/c52-19-3-1-17(2-4-19)28-12-25(56)37-24(55)9-21(10-30(37)75-28)74-50-46(69)43(66)40(63)33(79-50)15-72-36(60)13-35(59)71-14-32-39(62)42(65)45(68)49(78-32)73-16-34-41(64)44(67)47(70)51(80-34)77-31-11-22-23(54)7-20(53)8-29(22)76-48(31)18-5-26(57)38(61)27(58)6-18/h1-12,32-34,39-47,49-52,54-55,57-58,61-70H,13-16H2/p+1/t32-,33-,34-,39-,40-,41-,42+,43+,44+,45-,46-,47-,49-,50-,51-/m1/s1. The molecule has 29 heteroatoms. The Kier molecular flexibility index (Phi) is 16.4. The summed E-state index contributed by atoms with van der Waals surface area (Å²) >= 11 is 0. The Morgan fingerprint density at radius 1 is 0.512 bits per heavy atom. The molecule has 1 aliphatic carbocycles. The minimum absolute atomic E-state index is 0.0348. The fraction of sp³-hybridized carbons (Fsp3) is 0.373. The van der Waals surface area contributed by atoms with Gasteiger partial charge in [0.1, 0.15) is 127 Å². The molecule has 3 saturated heterocycles. The van der Waals surface area contributed by atoms with E-state index in [9.17, 15) is 95.8 Å². The largest absolute Gasteiger partial charge is 0.508 e. The van der Waals surface area contributed by atoms with Gasteiger partial charge in [-0.2, -0.15) is 0 Å². The molecule has 0 amide bonds. The van der Waals surface area contributed by atoms with E-state index in [1.165, 1.54) is 36.4 Å². The Morgan fingerprint density at radius 3 is 1.64 bits per heavy atom. The lowest BCUT2D eigenvalue weighted by Crippen LogP contribution is -2.62. The first kappa shape index (κ1) is 56.8. The molecule has 428 valence electrons. The number of aliphatic hydroxyl groups excluding tert-OH is 9. The maximum Gasteiger partial charge on any atom is 0.358 e. The highest BCUT2D eigenvalue weighted by molar-refractivity contribution is 5.91. The predicted molar refractivity (Wildman–Crippen MR) is 258 cm³/mol. The quantitative estimate of drug-likeness (QED) is 0.0218. The number of hydrogen-bond donors (Lipinski definition) is 15. The smallest absolute Gasteiger partial charge is 0.358 e. The number of carbonyl (C=O) groups is 2. The van der Waals surface area contributed by atoms with Crippen LogP contribution in [-0.2, 0) is 38.0 Å². The third kappa shape index (κ3) is 11.7. The lowest BCUT2D eigenvalue weighted by molar-refractivity contribution is -0.323. The van der Waals surface area contributed by atoms with Crippen LogP contribution in [0.2, 0.25) is 0 Å². The summed E-state index contributed by atoms with van der Waals surface area (Å²) in [6, 6.07) is 14.0. The number of fused-ring (bicyclic) bond motifs is 2. The van der Waals surface area contributed by atoms with Crippen LogP contribution >= 0.6 is 0 Å². The molecule has 3 aromatic carbocycles. The number of phenolic OH excluding ortho intramolecular Hbond substituents is 6. The van der Waals surface area contributed by atoms with E-state index in [1.807, 2.05) is 0 Å². The molecule has 4 aliphatic heterocycles. The van der Waals surface area contributed by atoms with Crippen LogP contribution in [0.4, 0.5) is 0 Å². The van der Waals surface area contributed by atoms with Gasteiger partial charge in [-0.05, 0) is 42.5 Å². The average Bonchev–Trinajstić information content (AvgIpc) is 3.53. The SMILES string of the molecule is O=C(CC(=O)OC[C@H]1O[C@@H](Oc2cc(O)c3c(=[OH+])cc(-c4ccc(O)cc4)oc3c2)[C@H](O)[C@@H](O)[C@@H]1O)OC[C@H]1O[C@@H](OC[C@H]2O[C@@H](Oc3cc4c(O)cc(=O)cc-4oc3-c3cc(O)c(O)c(O)c3)[C@H](O)[C@@H](O)[C@@H]2O)[C@H](O)[C@@H](O)[C@@H]1O. The molecule has 5 aliphatic rings. The number of rotatable bonds is 15. The Hall–Kier alpha value is -7.88. The number of carbonyl (C=O) groups excluding carboxylic acids is 2. The first-order valence-electron chi connectivity index (χ1n) is 24.0. The molecular weight excluding hydrogens is 1080 g/mol. The Morgan fingerprint density at radius 2 is 1.05 bits per heavy atom. The van der Waals surface area contributed by atoms with Gasteiger partial charge in [-0.25, -0.2) is 0 Å². The van der Waals surface area contributed by atoms with Gasteiger partial charge in [0.05, 0.1) is 18.2 Å². The first-order chi connectivity index (χ1) is 37.9. The van der Waals surface area contributed by atoms with Gasteiger partial charge in [0, 0.05) is 35.4 Å².